The Morgan fingerprint density at radius 2 is 1.77 bits per heavy atom. The highest BCUT2D eigenvalue weighted by Gasteiger charge is 2.25. The van der Waals surface area contributed by atoms with Gasteiger partial charge < -0.3 is 15.5 Å². The molecule has 0 spiro atoms. The van der Waals surface area contributed by atoms with Gasteiger partial charge in [0, 0.05) is 44.8 Å². The molecule has 7 nitrogen and oxygen atoms in total. The van der Waals surface area contributed by atoms with E-state index in [1.54, 1.807) is 10.9 Å². The summed E-state index contributed by atoms with van der Waals surface area (Å²) in [6.45, 7) is 1.43. The molecule has 1 saturated heterocycles. The number of carbonyl (C=O) groups is 2. The zero-order valence-electron chi connectivity index (χ0n) is 15.7. The predicted molar refractivity (Wildman–Crippen MR) is 99.7 cm³/mol. The zero-order valence-corrected chi connectivity index (χ0v) is 15.7. The third-order valence-corrected chi connectivity index (χ3v) is 5.48. The maximum absolute atomic E-state index is 12.4. The summed E-state index contributed by atoms with van der Waals surface area (Å²) in [6, 6.07) is 0.592. The van der Waals surface area contributed by atoms with Gasteiger partial charge in [0.15, 0.2) is 0 Å². The van der Waals surface area contributed by atoms with Crippen LogP contribution in [0.3, 0.4) is 0 Å². The lowest BCUT2D eigenvalue weighted by Gasteiger charge is -2.34. The molecule has 1 aliphatic carbocycles. The third kappa shape index (κ3) is 5.47. The minimum absolute atomic E-state index is 0.0678. The zero-order chi connectivity index (χ0) is 18.4. The molecule has 1 aliphatic heterocycles. The Balaban J connectivity index is 1.33. The number of urea groups is 1. The number of aryl methyl sites for hydroxylation is 2. The van der Waals surface area contributed by atoms with Crippen molar-refractivity contribution in [1.29, 1.82) is 0 Å². The molecule has 0 atom stereocenters. The quantitative estimate of drug-likeness (QED) is 0.842. The summed E-state index contributed by atoms with van der Waals surface area (Å²) < 4.78 is 1.75. The molecule has 26 heavy (non-hydrogen) atoms. The minimum Gasteiger partial charge on any atom is -0.353 e. The van der Waals surface area contributed by atoms with Crippen LogP contribution in [0.1, 0.15) is 56.9 Å². The van der Waals surface area contributed by atoms with Gasteiger partial charge in [-0.1, -0.05) is 19.3 Å². The summed E-state index contributed by atoms with van der Waals surface area (Å²) in [7, 11) is 1.88. The summed E-state index contributed by atoms with van der Waals surface area (Å²) in [5.41, 5.74) is 1.08. The number of hydrogen-bond donors (Lipinski definition) is 2. The van der Waals surface area contributed by atoms with Crippen molar-refractivity contribution in [1.82, 2.24) is 25.3 Å². The lowest BCUT2D eigenvalue weighted by molar-refractivity contribution is -0.122. The van der Waals surface area contributed by atoms with Gasteiger partial charge >= 0.3 is 6.03 Å². The second-order valence-electron chi connectivity index (χ2n) is 7.64. The van der Waals surface area contributed by atoms with E-state index in [1.165, 1.54) is 19.3 Å². The molecular weight excluding hydrogens is 330 g/mol. The normalized spacial score (nSPS) is 19.3. The Morgan fingerprint density at radius 1 is 1.08 bits per heavy atom. The fourth-order valence-corrected chi connectivity index (χ4v) is 3.90. The van der Waals surface area contributed by atoms with E-state index in [-0.39, 0.29) is 18.0 Å². The van der Waals surface area contributed by atoms with Crippen LogP contribution >= 0.6 is 0 Å². The Hall–Kier alpha value is -2.05. The van der Waals surface area contributed by atoms with Gasteiger partial charge in [0.25, 0.3) is 0 Å². The van der Waals surface area contributed by atoms with Crippen LogP contribution in [0.4, 0.5) is 4.79 Å². The van der Waals surface area contributed by atoms with Crippen LogP contribution in [0.25, 0.3) is 0 Å². The predicted octanol–water partition coefficient (Wildman–Crippen LogP) is 1.98. The number of nitrogens with zero attached hydrogens (tertiary/aromatic N) is 3. The summed E-state index contributed by atoms with van der Waals surface area (Å²) >= 11 is 0. The largest absolute Gasteiger partial charge is 0.353 e. The van der Waals surface area contributed by atoms with Crippen molar-refractivity contribution in [3.05, 3.63) is 18.0 Å². The van der Waals surface area contributed by atoms with Crippen LogP contribution in [-0.4, -0.2) is 51.8 Å². The molecule has 0 aromatic carbocycles. The van der Waals surface area contributed by atoms with Crippen LogP contribution < -0.4 is 10.6 Å². The van der Waals surface area contributed by atoms with Crippen LogP contribution in [0.2, 0.25) is 0 Å². The summed E-state index contributed by atoms with van der Waals surface area (Å²) in [5, 5.41) is 10.4. The highest BCUT2D eigenvalue weighted by molar-refractivity contribution is 5.77. The molecule has 2 fully saturated rings. The average Bonchev–Trinajstić information content (AvgIpc) is 3.07. The number of aromatic nitrogens is 2. The summed E-state index contributed by atoms with van der Waals surface area (Å²) in [6.07, 6.45) is 12.5. The molecule has 0 unspecified atom stereocenters. The lowest BCUT2D eigenvalue weighted by Crippen LogP contribution is -2.51. The first-order chi connectivity index (χ1) is 12.6. The number of nitrogens with one attached hydrogen (secondary N) is 2. The fourth-order valence-electron chi connectivity index (χ4n) is 3.90. The molecule has 1 aromatic heterocycles. The van der Waals surface area contributed by atoms with Crippen molar-refractivity contribution in [2.45, 2.75) is 69.9 Å². The van der Waals surface area contributed by atoms with Crippen molar-refractivity contribution in [2.75, 3.05) is 13.1 Å². The maximum Gasteiger partial charge on any atom is 0.317 e. The Kier molecular flexibility index (Phi) is 6.52. The average molecular weight is 361 g/mol. The monoisotopic (exact) mass is 361 g/mol. The molecule has 3 rings (SSSR count). The number of amides is 3. The van der Waals surface area contributed by atoms with E-state index in [4.69, 9.17) is 0 Å². The highest BCUT2D eigenvalue weighted by Crippen LogP contribution is 2.18. The Bertz CT molecular complexity index is 601. The molecule has 2 heterocycles. The number of carbonyl (C=O) groups excluding carboxylic acids is 2. The van der Waals surface area contributed by atoms with Crippen LogP contribution in [0.5, 0.6) is 0 Å². The van der Waals surface area contributed by atoms with E-state index >= 15 is 0 Å². The second kappa shape index (κ2) is 9.05. The first-order valence-electron chi connectivity index (χ1n) is 9.92. The molecule has 2 N–H and O–H groups in total. The summed E-state index contributed by atoms with van der Waals surface area (Å²) in [5.74, 6) is 0.0824. The second-order valence-corrected chi connectivity index (χ2v) is 7.64. The molecule has 0 radical (unpaired) electrons. The van der Waals surface area contributed by atoms with Gasteiger partial charge in [0.1, 0.15) is 0 Å². The van der Waals surface area contributed by atoms with Gasteiger partial charge in [-0.3, -0.25) is 9.48 Å². The molecule has 1 saturated carbocycles. The van der Waals surface area contributed by atoms with E-state index in [2.05, 4.69) is 15.7 Å². The molecule has 7 heteroatoms. The van der Waals surface area contributed by atoms with E-state index < -0.39 is 0 Å². The van der Waals surface area contributed by atoms with Crippen LogP contribution in [0, 0.1) is 0 Å². The fraction of sp³-hybridized carbons (Fsp3) is 0.737. The molecule has 0 bridgehead atoms. The van der Waals surface area contributed by atoms with Crippen molar-refractivity contribution < 1.29 is 9.59 Å². The standard InChI is InChI=1S/C19H31N5O2/c1-23-14-15(13-20-23)7-8-18(25)21-17-9-11-24(12-10-17)19(26)22-16-5-3-2-4-6-16/h13-14,16-17H,2-12H2,1H3,(H,21,25)(H,22,26). The highest BCUT2D eigenvalue weighted by atomic mass is 16.2. The van der Waals surface area contributed by atoms with E-state index in [9.17, 15) is 9.59 Å². The van der Waals surface area contributed by atoms with Crippen molar-refractivity contribution in [3.8, 4) is 0 Å². The number of hydrogen-bond acceptors (Lipinski definition) is 3. The van der Waals surface area contributed by atoms with Crippen LogP contribution in [0.15, 0.2) is 12.4 Å². The first kappa shape index (κ1) is 18.7. The molecule has 144 valence electrons. The SMILES string of the molecule is Cn1cc(CCC(=O)NC2CCN(C(=O)NC3CCCCC3)CC2)cn1. The molecular formula is C19H31N5O2. The Labute approximate surface area is 155 Å². The van der Waals surface area contributed by atoms with E-state index in [0.717, 1.165) is 31.2 Å². The van der Waals surface area contributed by atoms with Gasteiger partial charge in [0.2, 0.25) is 5.91 Å². The van der Waals surface area contributed by atoms with Gasteiger partial charge in [-0.05, 0) is 37.7 Å². The van der Waals surface area contributed by atoms with Gasteiger partial charge in [0.05, 0.1) is 6.20 Å². The number of rotatable bonds is 5. The molecule has 2 aliphatic rings. The summed E-state index contributed by atoms with van der Waals surface area (Å²) in [4.78, 5) is 26.4. The van der Waals surface area contributed by atoms with Crippen molar-refractivity contribution >= 4 is 11.9 Å². The van der Waals surface area contributed by atoms with Crippen molar-refractivity contribution in [3.63, 3.8) is 0 Å². The first-order valence-corrected chi connectivity index (χ1v) is 9.92. The van der Waals surface area contributed by atoms with Gasteiger partial charge in [-0.2, -0.15) is 5.10 Å². The topological polar surface area (TPSA) is 79.3 Å². The van der Waals surface area contributed by atoms with E-state index in [0.29, 0.717) is 32.0 Å². The third-order valence-electron chi connectivity index (χ3n) is 5.48. The number of piperidine rings is 1. The molecule has 3 amide bonds. The van der Waals surface area contributed by atoms with Gasteiger partial charge in [-0.25, -0.2) is 4.79 Å². The number of likely N-dealkylation sites (tertiary alicyclic amines) is 1. The Morgan fingerprint density at radius 3 is 2.42 bits per heavy atom. The lowest BCUT2D eigenvalue weighted by atomic mass is 9.95. The van der Waals surface area contributed by atoms with E-state index in [1.807, 2.05) is 18.1 Å². The minimum atomic E-state index is 0.0678. The van der Waals surface area contributed by atoms with Crippen LogP contribution in [-0.2, 0) is 18.3 Å². The molecule has 1 aromatic rings. The van der Waals surface area contributed by atoms with Gasteiger partial charge in [-0.15, -0.1) is 0 Å². The maximum atomic E-state index is 12.4. The smallest absolute Gasteiger partial charge is 0.317 e. The van der Waals surface area contributed by atoms with Crippen molar-refractivity contribution in [2.24, 2.45) is 7.05 Å².